The molecule has 0 saturated carbocycles. The van der Waals surface area contributed by atoms with E-state index < -0.39 is 10.0 Å². The maximum Gasteiger partial charge on any atom is 0.265 e. The molecule has 1 amide bonds. The van der Waals surface area contributed by atoms with E-state index in [0.29, 0.717) is 56.8 Å². The summed E-state index contributed by atoms with van der Waals surface area (Å²) in [6.45, 7) is 7.72. The molecule has 0 spiro atoms. The Morgan fingerprint density at radius 1 is 1.08 bits per heavy atom. The number of hydrogen-bond donors (Lipinski definition) is 1. The van der Waals surface area contributed by atoms with E-state index >= 15 is 0 Å². The van der Waals surface area contributed by atoms with Crippen molar-refractivity contribution in [3.8, 4) is 0 Å². The molecule has 0 unspecified atom stereocenters. The zero-order chi connectivity index (χ0) is 18.7. The van der Waals surface area contributed by atoms with Crippen LogP contribution in [-0.2, 0) is 14.8 Å². The van der Waals surface area contributed by atoms with Crippen molar-refractivity contribution in [3.05, 3.63) is 29.8 Å². The van der Waals surface area contributed by atoms with E-state index in [2.05, 4.69) is 19.3 Å². The predicted octanol–water partition coefficient (Wildman–Crippen LogP) is 1.33. The minimum atomic E-state index is -3.52. The van der Waals surface area contributed by atoms with Gasteiger partial charge in [0.2, 0.25) is 10.0 Å². The van der Waals surface area contributed by atoms with Gasteiger partial charge in [-0.25, -0.2) is 13.4 Å². The second-order valence-corrected chi connectivity index (χ2v) is 9.27. The van der Waals surface area contributed by atoms with Gasteiger partial charge in [-0.05, 0) is 42.5 Å². The first-order valence-electron chi connectivity index (χ1n) is 9.10. The highest BCUT2D eigenvalue weighted by Crippen LogP contribution is 2.26. The van der Waals surface area contributed by atoms with Crippen molar-refractivity contribution in [2.45, 2.75) is 25.2 Å². The Morgan fingerprint density at radius 2 is 1.65 bits per heavy atom. The average Bonchev–Trinajstić information content (AvgIpc) is 2.62. The van der Waals surface area contributed by atoms with E-state index in [1.807, 2.05) is 5.01 Å². The molecule has 2 aliphatic rings. The molecule has 0 bridgehead atoms. The normalized spacial score (nSPS) is 25.8. The van der Waals surface area contributed by atoms with E-state index in [4.69, 9.17) is 4.74 Å². The summed E-state index contributed by atoms with van der Waals surface area (Å²) in [6, 6.07) is 6.18. The van der Waals surface area contributed by atoms with Crippen LogP contribution in [0, 0.1) is 11.8 Å². The minimum Gasteiger partial charge on any atom is -0.379 e. The zero-order valence-electron chi connectivity index (χ0n) is 15.3. The van der Waals surface area contributed by atoms with E-state index in [1.54, 1.807) is 16.4 Å². The van der Waals surface area contributed by atoms with Crippen LogP contribution in [0.15, 0.2) is 29.2 Å². The number of benzene rings is 1. The number of carbonyl (C=O) groups is 1. The Labute approximate surface area is 155 Å². The fourth-order valence-corrected chi connectivity index (χ4v) is 5.29. The molecule has 0 aromatic heterocycles. The van der Waals surface area contributed by atoms with Gasteiger partial charge in [0, 0.05) is 31.7 Å². The molecule has 2 heterocycles. The smallest absolute Gasteiger partial charge is 0.265 e. The molecule has 2 fully saturated rings. The van der Waals surface area contributed by atoms with Crippen molar-refractivity contribution < 1.29 is 17.9 Å². The lowest BCUT2D eigenvalue weighted by Crippen LogP contribution is -2.48. The highest BCUT2D eigenvalue weighted by atomic mass is 32.2. The number of nitrogens with one attached hydrogen (secondary N) is 1. The third-order valence-electron chi connectivity index (χ3n) is 4.86. The van der Waals surface area contributed by atoms with Crippen LogP contribution in [0.25, 0.3) is 0 Å². The molecule has 0 aliphatic carbocycles. The standard InChI is InChI=1S/C18H27N3O4S/c1-14-11-15(2)13-21(12-14)26(23,24)17-5-3-16(4-6-17)18(22)19-20-7-9-25-10-8-20/h3-6,14-15H,7-13H2,1-2H3,(H,19,22)/t14-,15+. The number of amides is 1. The van der Waals surface area contributed by atoms with Gasteiger partial charge >= 0.3 is 0 Å². The van der Waals surface area contributed by atoms with Crippen LogP contribution < -0.4 is 5.43 Å². The molecule has 2 saturated heterocycles. The second-order valence-electron chi connectivity index (χ2n) is 7.33. The largest absolute Gasteiger partial charge is 0.379 e. The molecule has 8 heteroatoms. The second kappa shape index (κ2) is 8.04. The summed E-state index contributed by atoms with van der Waals surface area (Å²) in [5, 5.41) is 1.81. The SMILES string of the molecule is C[C@@H]1C[C@H](C)CN(S(=O)(=O)c2ccc(C(=O)NN3CCOCC3)cc2)C1. The van der Waals surface area contributed by atoms with Gasteiger partial charge in [0.05, 0.1) is 18.1 Å². The van der Waals surface area contributed by atoms with Gasteiger partial charge < -0.3 is 4.74 Å². The first kappa shape index (κ1) is 19.3. The van der Waals surface area contributed by atoms with Crippen LogP contribution in [0.1, 0.15) is 30.6 Å². The molecule has 144 valence electrons. The molecule has 1 aromatic rings. The Balaban J connectivity index is 1.69. The lowest BCUT2D eigenvalue weighted by atomic mass is 9.94. The fourth-order valence-electron chi connectivity index (χ4n) is 3.61. The zero-order valence-corrected chi connectivity index (χ0v) is 16.2. The van der Waals surface area contributed by atoms with Crippen molar-refractivity contribution in [2.75, 3.05) is 39.4 Å². The van der Waals surface area contributed by atoms with Crippen molar-refractivity contribution in [3.63, 3.8) is 0 Å². The van der Waals surface area contributed by atoms with E-state index in [-0.39, 0.29) is 10.8 Å². The Kier molecular flexibility index (Phi) is 5.96. The van der Waals surface area contributed by atoms with Gasteiger partial charge in [-0.3, -0.25) is 10.2 Å². The number of sulfonamides is 1. The number of morpholine rings is 1. The summed E-state index contributed by atoms with van der Waals surface area (Å²) in [4.78, 5) is 12.5. The van der Waals surface area contributed by atoms with Crippen LogP contribution in [0.2, 0.25) is 0 Å². The topological polar surface area (TPSA) is 79.0 Å². The number of ether oxygens (including phenoxy) is 1. The van der Waals surface area contributed by atoms with Crippen LogP contribution >= 0.6 is 0 Å². The minimum absolute atomic E-state index is 0.238. The van der Waals surface area contributed by atoms with Crippen molar-refractivity contribution in [2.24, 2.45) is 11.8 Å². The molecular formula is C18H27N3O4S. The predicted molar refractivity (Wildman–Crippen MR) is 98.0 cm³/mol. The van der Waals surface area contributed by atoms with Gasteiger partial charge in [-0.2, -0.15) is 4.31 Å². The Morgan fingerprint density at radius 3 is 2.23 bits per heavy atom. The fraction of sp³-hybridized carbons (Fsp3) is 0.611. The number of nitrogens with zero attached hydrogens (tertiary/aromatic N) is 2. The van der Waals surface area contributed by atoms with Gasteiger partial charge in [-0.15, -0.1) is 0 Å². The van der Waals surface area contributed by atoms with Gasteiger partial charge in [-0.1, -0.05) is 13.8 Å². The monoisotopic (exact) mass is 381 g/mol. The lowest BCUT2D eigenvalue weighted by Gasteiger charge is -2.34. The maximum atomic E-state index is 12.9. The highest BCUT2D eigenvalue weighted by molar-refractivity contribution is 7.89. The molecule has 26 heavy (non-hydrogen) atoms. The first-order chi connectivity index (χ1) is 12.4. The molecule has 1 aromatic carbocycles. The Bertz CT molecular complexity index is 719. The number of piperidine rings is 1. The van der Waals surface area contributed by atoms with E-state index in [0.717, 1.165) is 6.42 Å². The maximum absolute atomic E-state index is 12.9. The number of carbonyl (C=O) groups excluding carboxylic acids is 1. The first-order valence-corrected chi connectivity index (χ1v) is 10.5. The van der Waals surface area contributed by atoms with Crippen LogP contribution in [0.5, 0.6) is 0 Å². The third-order valence-corrected chi connectivity index (χ3v) is 6.71. The van der Waals surface area contributed by atoms with E-state index in [9.17, 15) is 13.2 Å². The highest BCUT2D eigenvalue weighted by Gasteiger charge is 2.31. The average molecular weight is 381 g/mol. The van der Waals surface area contributed by atoms with Gasteiger partial charge in [0.15, 0.2) is 0 Å². The molecule has 0 radical (unpaired) electrons. The number of hydrogen-bond acceptors (Lipinski definition) is 5. The molecule has 1 N–H and O–H groups in total. The summed E-state index contributed by atoms with van der Waals surface area (Å²) in [7, 11) is -3.52. The number of hydrazine groups is 1. The summed E-state index contributed by atoms with van der Waals surface area (Å²) in [5.74, 6) is 0.468. The quantitative estimate of drug-likeness (QED) is 0.851. The van der Waals surface area contributed by atoms with Crippen molar-refractivity contribution in [1.82, 2.24) is 14.7 Å². The number of rotatable bonds is 4. The molecular weight excluding hydrogens is 354 g/mol. The Hall–Kier alpha value is -1.48. The molecule has 7 nitrogen and oxygen atoms in total. The third kappa shape index (κ3) is 4.43. The summed E-state index contributed by atoms with van der Waals surface area (Å²) < 4.78 is 32.6. The van der Waals surface area contributed by atoms with Gasteiger partial charge in [0.25, 0.3) is 5.91 Å². The summed E-state index contributed by atoms with van der Waals surface area (Å²) in [5.41, 5.74) is 3.26. The summed E-state index contributed by atoms with van der Waals surface area (Å²) in [6.07, 6.45) is 1.05. The molecule has 2 aliphatic heterocycles. The van der Waals surface area contributed by atoms with Crippen LogP contribution in [-0.4, -0.2) is 63.0 Å². The van der Waals surface area contributed by atoms with Crippen molar-refractivity contribution in [1.29, 1.82) is 0 Å². The summed E-state index contributed by atoms with van der Waals surface area (Å²) >= 11 is 0. The molecule has 3 rings (SSSR count). The van der Waals surface area contributed by atoms with E-state index in [1.165, 1.54) is 12.1 Å². The van der Waals surface area contributed by atoms with Crippen LogP contribution in [0.3, 0.4) is 0 Å². The van der Waals surface area contributed by atoms with Gasteiger partial charge in [0.1, 0.15) is 0 Å². The molecule has 2 atom stereocenters. The van der Waals surface area contributed by atoms with Crippen molar-refractivity contribution >= 4 is 15.9 Å². The van der Waals surface area contributed by atoms with Crippen LogP contribution in [0.4, 0.5) is 0 Å². The lowest BCUT2D eigenvalue weighted by molar-refractivity contribution is 0.0126.